The lowest BCUT2D eigenvalue weighted by molar-refractivity contribution is -0.351. The molecule has 0 aliphatic rings. The minimum atomic E-state index is -6.56. The Labute approximate surface area is 191 Å². The molecule has 0 heterocycles. The second kappa shape index (κ2) is 10.8. The molecule has 0 spiro atoms. The normalized spacial score (nSPS) is 15.3. The first-order chi connectivity index (χ1) is 15.0. The van der Waals surface area contributed by atoms with Gasteiger partial charge in [0.25, 0.3) is 0 Å². The third-order valence-electron chi connectivity index (χ3n) is 4.28. The Balaban J connectivity index is 6.19. The van der Waals surface area contributed by atoms with Crippen LogP contribution < -0.4 is 0 Å². The predicted molar refractivity (Wildman–Crippen MR) is 103 cm³/mol. The van der Waals surface area contributed by atoms with Crippen LogP contribution in [-0.2, 0) is 29.2 Å². The highest BCUT2D eigenvalue weighted by molar-refractivity contribution is 7.87. The summed E-state index contributed by atoms with van der Waals surface area (Å²) < 4.78 is 134. The number of esters is 1. The maximum Gasteiger partial charge on any atom is 0.466 e. The van der Waals surface area contributed by atoms with Crippen LogP contribution in [0, 0.1) is 0 Å². The van der Waals surface area contributed by atoms with Crippen LogP contribution in [0.4, 0.5) is 30.7 Å². The van der Waals surface area contributed by atoms with Crippen molar-refractivity contribution < 1.29 is 62.8 Å². The molecule has 0 fully saturated rings. The lowest BCUT2D eigenvalue weighted by atomic mass is 10.1. The van der Waals surface area contributed by atoms with Gasteiger partial charge in [-0.2, -0.15) is 39.2 Å². The Kier molecular flexibility index (Phi) is 10.2. The molecule has 0 bridgehead atoms. The summed E-state index contributed by atoms with van der Waals surface area (Å²) in [7, 11) is -6.56. The van der Waals surface area contributed by atoms with Crippen molar-refractivity contribution in [3.63, 3.8) is 0 Å². The summed E-state index contributed by atoms with van der Waals surface area (Å²) in [6.07, 6.45) is -9.20. The largest absolute Gasteiger partial charge is 0.466 e. The van der Waals surface area contributed by atoms with Crippen molar-refractivity contribution in [1.29, 1.82) is 0 Å². The smallest absolute Gasteiger partial charge is 0.412 e. The van der Waals surface area contributed by atoms with Gasteiger partial charge in [-0.25, -0.2) is 4.79 Å². The van der Waals surface area contributed by atoms with Gasteiger partial charge in [0.2, 0.25) is 0 Å². The molecule has 0 aromatic carbocycles. The molecule has 16 heteroatoms. The molecule has 0 saturated carbocycles. The van der Waals surface area contributed by atoms with Gasteiger partial charge in [-0.05, 0) is 41.0 Å². The van der Waals surface area contributed by atoms with Crippen molar-refractivity contribution in [2.75, 3.05) is 6.61 Å². The van der Waals surface area contributed by atoms with Crippen LogP contribution in [0.3, 0.4) is 0 Å². The van der Waals surface area contributed by atoms with E-state index in [1.165, 1.54) is 27.7 Å². The Hall–Kier alpha value is -1.94. The van der Waals surface area contributed by atoms with Gasteiger partial charge < -0.3 is 14.4 Å². The van der Waals surface area contributed by atoms with Crippen molar-refractivity contribution in [3.8, 4) is 0 Å². The first-order valence-electron chi connectivity index (χ1n) is 9.61. The van der Waals surface area contributed by atoms with Crippen LogP contribution in [0.15, 0.2) is 12.2 Å². The van der Waals surface area contributed by atoms with E-state index in [0.29, 0.717) is 4.90 Å². The lowest BCUT2D eigenvalue weighted by Crippen LogP contribution is -2.64. The average molecular weight is 533 g/mol. The number of carbonyl (C=O) groups is 2. The third-order valence-corrected chi connectivity index (χ3v) is 5.22. The minimum Gasteiger partial charge on any atom is -0.412 e. The van der Waals surface area contributed by atoms with Gasteiger partial charge >= 0.3 is 45.1 Å². The molecule has 0 radical (unpaired) electrons. The van der Waals surface area contributed by atoms with Crippen LogP contribution in [0.25, 0.3) is 0 Å². The van der Waals surface area contributed by atoms with E-state index in [1.54, 1.807) is 0 Å². The van der Waals surface area contributed by atoms with Crippen molar-refractivity contribution in [2.24, 2.45) is 0 Å². The first-order valence-corrected chi connectivity index (χ1v) is 11.0. The van der Waals surface area contributed by atoms with Gasteiger partial charge in [0.05, 0.1) is 6.61 Å². The number of nitrogens with zero attached hydrogens (tertiary/aromatic N) is 1. The standard InChI is InChI=1S/C18H26F7NO7S/c1-10(2)13(27)33-16(17(21,22)23,14(28)26(11(3)4)12(5)6)32-9-7-8-15(19,20)18(24,25)34(29,30)31/h11-12H,1,7-9H2,2-6H3,(H,29,30,31). The quantitative estimate of drug-likeness (QED) is 0.101. The van der Waals surface area contributed by atoms with E-state index in [9.17, 15) is 48.7 Å². The van der Waals surface area contributed by atoms with E-state index in [0.717, 1.165) is 6.92 Å². The van der Waals surface area contributed by atoms with E-state index in [1.807, 2.05) is 0 Å². The maximum absolute atomic E-state index is 14.1. The molecule has 0 aliphatic carbocycles. The Bertz CT molecular complexity index is 864. The summed E-state index contributed by atoms with van der Waals surface area (Å²) in [6, 6.07) is -1.78. The SMILES string of the molecule is C=C(C)C(=O)OC(OCCCC(F)(F)C(F)(F)S(=O)(=O)O)(C(=O)N(C(C)C)C(C)C)C(F)(F)F. The molecule has 1 unspecified atom stereocenters. The molecule has 0 aromatic heterocycles. The number of carbonyl (C=O) groups excluding carboxylic acids is 2. The van der Waals surface area contributed by atoms with E-state index in [-0.39, 0.29) is 0 Å². The number of ether oxygens (including phenoxy) is 2. The highest BCUT2D eigenvalue weighted by Gasteiger charge is 2.68. The highest BCUT2D eigenvalue weighted by Crippen LogP contribution is 2.42. The lowest BCUT2D eigenvalue weighted by Gasteiger charge is -2.40. The van der Waals surface area contributed by atoms with Gasteiger partial charge in [0.15, 0.2) is 0 Å². The maximum atomic E-state index is 14.1. The molecule has 0 aromatic rings. The zero-order valence-corrected chi connectivity index (χ0v) is 19.7. The fourth-order valence-electron chi connectivity index (χ4n) is 2.69. The van der Waals surface area contributed by atoms with Crippen molar-refractivity contribution in [2.45, 2.75) is 82.7 Å². The summed E-state index contributed by atoms with van der Waals surface area (Å²) in [6.45, 7) is 7.86. The van der Waals surface area contributed by atoms with Crippen LogP contribution in [0.5, 0.6) is 0 Å². The summed E-state index contributed by atoms with van der Waals surface area (Å²) in [4.78, 5) is 25.5. The molecule has 1 amide bonds. The Morgan fingerprint density at radius 2 is 1.44 bits per heavy atom. The molecular formula is C18H26F7NO7S. The number of amides is 1. The second-order valence-electron chi connectivity index (χ2n) is 7.83. The van der Waals surface area contributed by atoms with Crippen molar-refractivity contribution in [3.05, 3.63) is 12.2 Å². The van der Waals surface area contributed by atoms with Crippen LogP contribution in [0.1, 0.15) is 47.5 Å². The average Bonchev–Trinajstić information content (AvgIpc) is 2.60. The van der Waals surface area contributed by atoms with E-state index >= 15 is 0 Å². The molecule has 0 aliphatic heterocycles. The topological polar surface area (TPSA) is 110 Å². The molecule has 1 atom stereocenters. The van der Waals surface area contributed by atoms with Gasteiger partial charge in [0.1, 0.15) is 0 Å². The zero-order valence-electron chi connectivity index (χ0n) is 18.9. The van der Waals surface area contributed by atoms with Crippen LogP contribution in [0.2, 0.25) is 0 Å². The third kappa shape index (κ3) is 6.81. The van der Waals surface area contributed by atoms with Gasteiger partial charge in [-0.3, -0.25) is 9.35 Å². The van der Waals surface area contributed by atoms with Crippen LogP contribution in [-0.4, -0.2) is 71.6 Å². The number of halogens is 7. The Morgan fingerprint density at radius 1 is 1.00 bits per heavy atom. The first kappa shape index (κ1) is 32.1. The monoisotopic (exact) mass is 533 g/mol. The van der Waals surface area contributed by atoms with Gasteiger partial charge in [-0.1, -0.05) is 6.58 Å². The molecular weight excluding hydrogens is 507 g/mol. The highest BCUT2D eigenvalue weighted by atomic mass is 32.2. The molecule has 0 rings (SSSR count). The molecule has 1 N–H and O–H groups in total. The van der Waals surface area contributed by atoms with Crippen molar-refractivity contribution >= 4 is 22.0 Å². The van der Waals surface area contributed by atoms with Crippen molar-refractivity contribution in [1.82, 2.24) is 4.90 Å². The molecule has 34 heavy (non-hydrogen) atoms. The van der Waals surface area contributed by atoms with Gasteiger partial charge in [0, 0.05) is 24.1 Å². The van der Waals surface area contributed by atoms with E-state index in [4.69, 9.17) is 4.55 Å². The second-order valence-corrected chi connectivity index (χ2v) is 9.30. The molecule has 0 saturated heterocycles. The fourth-order valence-corrected chi connectivity index (χ4v) is 3.17. The number of hydrogen-bond donors (Lipinski definition) is 1. The van der Waals surface area contributed by atoms with Crippen LogP contribution >= 0.6 is 0 Å². The Morgan fingerprint density at radius 3 is 1.76 bits per heavy atom. The zero-order chi connectivity index (χ0) is 27.5. The summed E-state index contributed by atoms with van der Waals surface area (Å²) in [5.74, 6) is -13.4. The van der Waals surface area contributed by atoms with E-state index in [2.05, 4.69) is 16.1 Å². The minimum absolute atomic E-state index is 0.579. The number of alkyl halides is 7. The number of hydrogen-bond acceptors (Lipinski definition) is 6. The predicted octanol–water partition coefficient (Wildman–Crippen LogP) is 3.92. The number of rotatable bonds is 12. The summed E-state index contributed by atoms with van der Waals surface area (Å²) in [5, 5.41) is -5.95. The summed E-state index contributed by atoms with van der Waals surface area (Å²) >= 11 is 0. The van der Waals surface area contributed by atoms with Gasteiger partial charge in [-0.15, -0.1) is 0 Å². The molecule has 8 nitrogen and oxygen atoms in total. The van der Waals surface area contributed by atoms with E-state index < -0.39 is 82.2 Å². The molecule has 200 valence electrons. The summed E-state index contributed by atoms with van der Waals surface area (Å²) in [5.41, 5.74) is -0.579. The fraction of sp³-hybridized carbons (Fsp3) is 0.778.